The quantitative estimate of drug-likeness (QED) is 0.0230. The molecule has 1 N–H and O–H groups in total. The van der Waals surface area contributed by atoms with E-state index in [1.54, 1.807) is 0 Å². The Labute approximate surface area is 328 Å². The van der Waals surface area contributed by atoms with Crippen LogP contribution in [0.2, 0.25) is 0 Å². The van der Waals surface area contributed by atoms with E-state index < -0.39 is 24.1 Å². The summed E-state index contributed by atoms with van der Waals surface area (Å²) >= 11 is 0. The molecule has 2 atom stereocenters. The van der Waals surface area contributed by atoms with Crippen molar-refractivity contribution in [2.75, 3.05) is 41.0 Å². The van der Waals surface area contributed by atoms with Gasteiger partial charge in [-0.2, -0.15) is 0 Å². The van der Waals surface area contributed by atoms with Crippen LogP contribution in [0, 0.1) is 0 Å². The minimum atomic E-state index is -0.896. The van der Waals surface area contributed by atoms with Gasteiger partial charge in [0.05, 0.1) is 34.4 Å². The van der Waals surface area contributed by atoms with E-state index in [4.69, 9.17) is 14.2 Å². The highest BCUT2D eigenvalue weighted by molar-refractivity contribution is 5.72. The summed E-state index contributed by atoms with van der Waals surface area (Å²) in [6.45, 7) is 4.42. The highest BCUT2D eigenvalue weighted by atomic mass is 16.6. The second kappa shape index (κ2) is 36.2. The largest absolute Gasteiger partial charge is 0.477 e. The maximum atomic E-state index is 12.7. The van der Waals surface area contributed by atoms with Gasteiger partial charge in [0.1, 0.15) is 6.61 Å². The van der Waals surface area contributed by atoms with Crippen LogP contribution in [-0.2, 0) is 28.6 Å². The van der Waals surface area contributed by atoms with Gasteiger partial charge in [0.2, 0.25) is 0 Å². The van der Waals surface area contributed by atoms with E-state index in [1.807, 2.05) is 33.3 Å². The molecule has 0 spiro atoms. The highest BCUT2D eigenvalue weighted by Crippen LogP contribution is 2.10. The Morgan fingerprint density at radius 2 is 1.13 bits per heavy atom. The van der Waals surface area contributed by atoms with Crippen molar-refractivity contribution in [2.24, 2.45) is 0 Å². The Kier molecular flexibility index (Phi) is 33.7. The monoisotopic (exact) mass is 753 g/mol. The lowest BCUT2D eigenvalue weighted by atomic mass is 10.1. The van der Waals surface area contributed by atoms with Gasteiger partial charge >= 0.3 is 17.9 Å². The maximum absolute atomic E-state index is 12.7. The lowest BCUT2D eigenvalue weighted by Gasteiger charge is -2.31. The summed E-state index contributed by atoms with van der Waals surface area (Å²) < 4.78 is 17.1. The smallest absolute Gasteiger partial charge is 0.362 e. The number of carbonyl (C=O) groups excluding carboxylic acids is 2. The normalized spacial score (nSPS) is 14.0. The molecule has 0 aromatic heterocycles. The van der Waals surface area contributed by atoms with Crippen LogP contribution in [0.15, 0.2) is 97.2 Å². The van der Waals surface area contributed by atoms with E-state index >= 15 is 0 Å². The fourth-order valence-corrected chi connectivity index (χ4v) is 5.09. The third-order valence-electron chi connectivity index (χ3n) is 8.26. The summed E-state index contributed by atoms with van der Waals surface area (Å²) in [6.07, 6.45) is 47.6. The SMILES string of the molecule is CC/C=C/C/C=C/C/C=C/C/C=C/C/C=C/C/C=C/CCC(=O)OC(COCCC(C(=O)O)[N+](C)(C)C)COC(=O)CCCCC/C=C/C=C/CCCC. The number of aliphatic carboxylic acids is 1. The van der Waals surface area contributed by atoms with Gasteiger partial charge in [-0.15, -0.1) is 0 Å². The Balaban J connectivity index is 4.58. The third-order valence-corrected chi connectivity index (χ3v) is 8.26. The lowest BCUT2D eigenvalue weighted by molar-refractivity contribution is -0.887. The number of rotatable bonds is 34. The van der Waals surface area contributed by atoms with Crippen molar-refractivity contribution in [3.8, 4) is 0 Å². The number of quaternary nitrogens is 1. The first-order chi connectivity index (χ1) is 26.1. The summed E-state index contributed by atoms with van der Waals surface area (Å²) in [4.78, 5) is 36.8. The second-order valence-corrected chi connectivity index (χ2v) is 14.2. The molecule has 2 unspecified atom stereocenters. The van der Waals surface area contributed by atoms with E-state index in [0.717, 1.165) is 70.6 Å². The molecule has 0 amide bonds. The third kappa shape index (κ3) is 34.0. The van der Waals surface area contributed by atoms with Gasteiger partial charge in [-0.3, -0.25) is 9.59 Å². The average molecular weight is 753 g/mol. The molecule has 0 fully saturated rings. The number of carboxylic acids is 1. The van der Waals surface area contributed by atoms with E-state index in [0.29, 0.717) is 19.3 Å². The number of unbranched alkanes of at least 4 members (excludes halogenated alkanes) is 5. The van der Waals surface area contributed by atoms with Gasteiger partial charge in [-0.1, -0.05) is 130 Å². The zero-order valence-electron chi connectivity index (χ0n) is 34.4. The van der Waals surface area contributed by atoms with Gasteiger partial charge < -0.3 is 23.8 Å². The lowest BCUT2D eigenvalue weighted by Crippen LogP contribution is -2.50. The topological polar surface area (TPSA) is 99.1 Å². The van der Waals surface area contributed by atoms with Crippen molar-refractivity contribution in [2.45, 2.75) is 135 Å². The van der Waals surface area contributed by atoms with E-state index in [9.17, 15) is 19.5 Å². The standard InChI is InChI=1S/C46H73NO7/c1-6-8-10-12-14-16-18-19-20-21-22-23-24-25-27-29-31-33-35-37-45(49)54-42(40-52-39-38-43(46(50)51)47(3,4)5)41-53-44(48)36-34-32-30-28-26-17-15-13-11-9-7-2/h8,10,13-17,19-20,22-23,25-27,31,33,42-43H,6-7,9,11-12,18,21,24,28-30,32,34-41H2,1-5H3/p+1/b10-8+,15-13+,16-14+,20-19+,23-22+,26-17+,27-25+,33-31+. The van der Waals surface area contributed by atoms with Crippen LogP contribution in [0.5, 0.6) is 0 Å². The van der Waals surface area contributed by atoms with E-state index in [2.05, 4.69) is 98.9 Å². The summed E-state index contributed by atoms with van der Waals surface area (Å²) in [7, 11) is 5.47. The average Bonchev–Trinajstić information content (AvgIpc) is 3.12. The predicted octanol–water partition coefficient (Wildman–Crippen LogP) is 10.7. The Morgan fingerprint density at radius 3 is 1.65 bits per heavy atom. The van der Waals surface area contributed by atoms with Gasteiger partial charge in [0.25, 0.3) is 0 Å². The van der Waals surface area contributed by atoms with Crippen LogP contribution in [0.4, 0.5) is 0 Å². The number of hydrogen-bond donors (Lipinski definition) is 1. The molecule has 0 saturated heterocycles. The van der Waals surface area contributed by atoms with Crippen molar-refractivity contribution in [1.29, 1.82) is 0 Å². The van der Waals surface area contributed by atoms with Crippen LogP contribution < -0.4 is 0 Å². The molecular formula is C46H74NO7+. The Bertz CT molecular complexity index is 1200. The van der Waals surface area contributed by atoms with Crippen LogP contribution in [0.1, 0.15) is 123 Å². The first-order valence-electron chi connectivity index (χ1n) is 20.3. The van der Waals surface area contributed by atoms with Gasteiger partial charge in [0, 0.05) is 19.3 Å². The molecule has 0 aromatic rings. The van der Waals surface area contributed by atoms with Crippen molar-refractivity contribution in [3.05, 3.63) is 97.2 Å². The summed E-state index contributed by atoms with van der Waals surface area (Å²) in [5.74, 6) is -1.63. The van der Waals surface area contributed by atoms with Crippen LogP contribution in [-0.4, -0.2) is 80.6 Å². The summed E-state index contributed by atoms with van der Waals surface area (Å²) in [6, 6.07) is -0.636. The molecule has 0 aliphatic carbocycles. The molecule has 8 heteroatoms. The van der Waals surface area contributed by atoms with Gasteiger partial charge in [0.15, 0.2) is 12.1 Å². The number of allylic oxidation sites excluding steroid dienone is 16. The van der Waals surface area contributed by atoms with E-state index in [-0.39, 0.29) is 36.7 Å². The molecule has 0 radical (unpaired) electrons. The molecule has 0 aromatic carbocycles. The highest BCUT2D eigenvalue weighted by Gasteiger charge is 2.31. The zero-order chi connectivity index (χ0) is 40.0. The molecule has 54 heavy (non-hydrogen) atoms. The minimum absolute atomic E-state index is 0.0155. The molecule has 0 aliphatic heterocycles. The van der Waals surface area contributed by atoms with Gasteiger partial charge in [-0.05, 0) is 70.6 Å². The molecule has 0 heterocycles. The molecule has 304 valence electrons. The van der Waals surface area contributed by atoms with Crippen LogP contribution in [0.3, 0.4) is 0 Å². The molecule has 8 nitrogen and oxygen atoms in total. The first-order valence-corrected chi connectivity index (χ1v) is 20.3. The predicted molar refractivity (Wildman–Crippen MR) is 224 cm³/mol. The first kappa shape index (κ1) is 50.2. The molecule has 0 aliphatic rings. The maximum Gasteiger partial charge on any atom is 0.362 e. The fraction of sp³-hybridized carbons (Fsp3) is 0.587. The molecule has 0 rings (SSSR count). The minimum Gasteiger partial charge on any atom is -0.477 e. The molecule has 0 bridgehead atoms. The van der Waals surface area contributed by atoms with Crippen molar-refractivity contribution >= 4 is 17.9 Å². The van der Waals surface area contributed by atoms with Crippen molar-refractivity contribution in [1.82, 2.24) is 0 Å². The summed E-state index contributed by atoms with van der Waals surface area (Å²) in [5, 5.41) is 9.59. The molecule has 0 saturated carbocycles. The number of carboxylic acid groups (broad SMARTS) is 1. The number of hydrogen-bond acceptors (Lipinski definition) is 6. The zero-order valence-corrected chi connectivity index (χ0v) is 34.4. The van der Waals surface area contributed by atoms with Crippen molar-refractivity contribution < 1.29 is 38.2 Å². The number of carbonyl (C=O) groups is 3. The number of likely N-dealkylation sites (N-methyl/N-ethyl adjacent to an activating group) is 1. The fourth-order valence-electron chi connectivity index (χ4n) is 5.09. The Morgan fingerprint density at radius 1 is 0.593 bits per heavy atom. The van der Waals surface area contributed by atoms with Crippen LogP contribution >= 0.6 is 0 Å². The Hall–Kier alpha value is -3.75. The number of esters is 2. The number of ether oxygens (including phenoxy) is 3. The number of nitrogens with zero attached hydrogens (tertiary/aromatic N) is 1. The summed E-state index contributed by atoms with van der Waals surface area (Å²) in [5.41, 5.74) is 0. The second-order valence-electron chi connectivity index (χ2n) is 14.2. The van der Waals surface area contributed by atoms with E-state index in [1.165, 1.54) is 12.8 Å². The van der Waals surface area contributed by atoms with Crippen molar-refractivity contribution in [3.63, 3.8) is 0 Å². The van der Waals surface area contributed by atoms with Gasteiger partial charge in [-0.25, -0.2) is 4.79 Å². The molecular weight excluding hydrogens is 679 g/mol. The van der Waals surface area contributed by atoms with Crippen LogP contribution in [0.25, 0.3) is 0 Å².